The van der Waals surface area contributed by atoms with Crippen LogP contribution >= 0.6 is 0 Å². The second kappa shape index (κ2) is 42.4. The Morgan fingerprint density at radius 2 is 0.472 bits per heavy atom. The van der Waals surface area contributed by atoms with Crippen molar-refractivity contribution < 1.29 is 54.8 Å². The molecule has 0 bridgehead atoms. The summed E-state index contributed by atoms with van der Waals surface area (Å²) in [5.41, 5.74) is -5.95. The van der Waals surface area contributed by atoms with Crippen LogP contribution in [-0.4, -0.2) is 147 Å². The van der Waals surface area contributed by atoms with E-state index >= 15 is 0 Å². The predicted octanol–water partition coefficient (Wildman–Crippen LogP) is 2.08. The van der Waals surface area contributed by atoms with Crippen LogP contribution in [0.1, 0.15) is 200 Å². The highest BCUT2D eigenvalue weighted by molar-refractivity contribution is 5.78. The molecule has 666 valence electrons. The molecule has 0 fully saturated rings. The van der Waals surface area contributed by atoms with Crippen LogP contribution in [0, 0.1) is 20.8 Å². The summed E-state index contributed by atoms with van der Waals surface area (Å²) in [5.74, 6) is -2.39. The van der Waals surface area contributed by atoms with Gasteiger partial charge in [0.15, 0.2) is 67.0 Å². The number of hydrogen-bond donors (Lipinski definition) is 0. The zero-order chi connectivity index (χ0) is 108. The Labute approximate surface area is 729 Å². The maximum absolute atomic E-state index is 12.9. The van der Waals surface area contributed by atoms with Crippen LogP contribution in [0.3, 0.4) is 0 Å². The smallest absolute Gasteiger partial charge is 0.328 e. The molecule has 0 N–H and O–H groups in total. The largest absolute Gasteiger partial charge is 0.332 e. The molecule has 123 heavy (non-hydrogen) atoms. The van der Waals surface area contributed by atoms with Crippen LogP contribution in [-0.2, 0) is 152 Å². The zero-order valence-corrected chi connectivity index (χ0v) is 71.7. The fraction of sp³-hybridized carbons (Fsp3) is 0.556. The molecule has 42 heteroatoms. The van der Waals surface area contributed by atoms with E-state index in [1.54, 1.807) is 67.5 Å². The Balaban J connectivity index is 0.000000232. The molecule has 42 nitrogen and oxygen atoms in total. The second-order valence-corrected chi connectivity index (χ2v) is 28.7. The van der Waals surface area contributed by atoms with E-state index in [0.29, 0.717) is 85.4 Å². The molecule has 0 amide bonds. The maximum Gasteiger partial charge on any atom is 0.332 e. The number of aromatic nitrogens is 24. The number of ketones is 6. The van der Waals surface area contributed by atoms with Crippen molar-refractivity contribution in [1.82, 2.24) is 112 Å². The zero-order valence-electron chi connectivity index (χ0n) is 90.7. The number of Topliss-reactive ketones (excluding diaryl/α,β-unsaturated/α-hetero) is 6. The van der Waals surface area contributed by atoms with E-state index < -0.39 is 156 Å². The first kappa shape index (κ1) is 71.6. The molecule has 12 aromatic heterocycles. The minimum Gasteiger partial charge on any atom is -0.328 e. The number of unbranched alkanes of at least 4 members (excludes halogenated alkanes) is 1. The van der Waals surface area contributed by atoms with E-state index in [9.17, 15) is 86.3 Å². The number of nitrogens with zero attached hydrogens (tertiary/aromatic N) is 24. The summed E-state index contributed by atoms with van der Waals surface area (Å²) < 4.78 is 165. The first-order valence-electron chi connectivity index (χ1n) is 48.1. The minimum atomic E-state index is -3.04. The second-order valence-electron chi connectivity index (χ2n) is 28.7. The van der Waals surface area contributed by atoms with Gasteiger partial charge in [-0.15, -0.1) is 0 Å². The molecule has 0 aromatic carbocycles. The number of rotatable bonds is 30. The average molecular weight is 1730 g/mol. The lowest BCUT2D eigenvalue weighted by atomic mass is 10.2. The van der Waals surface area contributed by atoms with E-state index in [-0.39, 0.29) is 135 Å². The number of aryl methyl sites for hydroxylation is 15. The van der Waals surface area contributed by atoms with Gasteiger partial charge in [0.1, 0.15) is 52.2 Å². The van der Waals surface area contributed by atoms with Gasteiger partial charge in [-0.1, -0.05) is 0 Å². The quantitative estimate of drug-likeness (QED) is 0.0581. The molecule has 0 saturated heterocycles. The minimum absolute atomic E-state index is 0.0241. The maximum atomic E-state index is 12.9. The highest BCUT2D eigenvalue weighted by Crippen LogP contribution is 2.14. The Morgan fingerprint density at radius 1 is 0.268 bits per heavy atom. The lowest BCUT2D eigenvalue weighted by molar-refractivity contribution is -0.118. The van der Waals surface area contributed by atoms with Crippen molar-refractivity contribution in [3.8, 4) is 0 Å². The van der Waals surface area contributed by atoms with Crippen LogP contribution in [0.5, 0.6) is 0 Å². The van der Waals surface area contributed by atoms with E-state index in [1.807, 2.05) is 0 Å². The van der Waals surface area contributed by atoms with Gasteiger partial charge < -0.3 is 56.2 Å². The van der Waals surface area contributed by atoms with Gasteiger partial charge in [0.05, 0.1) is 19.0 Å². The number of fused-ring (bicyclic) bond motifs is 6. The molecule has 0 unspecified atom stereocenters. The van der Waals surface area contributed by atoms with Crippen molar-refractivity contribution in [3.05, 3.63) is 161 Å². The fourth-order valence-corrected chi connectivity index (χ4v) is 12.8. The third-order valence-electron chi connectivity index (χ3n) is 19.4. The first-order valence-corrected chi connectivity index (χ1v) is 38.6. The third-order valence-corrected chi connectivity index (χ3v) is 19.4. The summed E-state index contributed by atoms with van der Waals surface area (Å²) in [7, 11) is 14.3. The van der Waals surface area contributed by atoms with Crippen molar-refractivity contribution in [3.63, 3.8) is 0 Å². The van der Waals surface area contributed by atoms with Crippen molar-refractivity contribution in [2.45, 2.75) is 217 Å². The lowest BCUT2D eigenvalue weighted by Gasteiger charge is -2.08. The van der Waals surface area contributed by atoms with Gasteiger partial charge >= 0.3 is 34.1 Å². The Bertz CT molecular complexity index is 7590. The van der Waals surface area contributed by atoms with E-state index in [0.717, 1.165) is 41.3 Å². The van der Waals surface area contributed by atoms with Gasteiger partial charge in [-0.25, -0.2) is 58.7 Å². The van der Waals surface area contributed by atoms with Crippen LogP contribution in [0.25, 0.3) is 67.0 Å². The average Bonchev–Trinajstić information content (AvgIpc) is 1.57. The summed E-state index contributed by atoms with van der Waals surface area (Å²) in [6.07, 6.45) is -3.84. The monoisotopic (exact) mass is 1730 g/mol. The van der Waals surface area contributed by atoms with E-state index in [1.165, 1.54) is 105 Å². The summed E-state index contributed by atoms with van der Waals surface area (Å²) in [4.78, 5) is 241. The van der Waals surface area contributed by atoms with E-state index in [2.05, 4.69) is 29.9 Å². The van der Waals surface area contributed by atoms with Gasteiger partial charge in [-0.2, -0.15) is 0 Å². The SMILES string of the molecule is CC(=O)CCCCn1c(=O)c2c(ncn2C)n(C)c1=O.[2H]C([2H])(CCCn1c(=O)c2c(nc(C)n2C([2H])([2H])[2H])n(C([2H])([2H])[2H])c1=O)C(C)=O.[2H]C([2H])(CCCn1c(=O)c2c(nc(C)n2C([2H])([2H])[2H])n(C)c1=O)C(C)=O.[2H]C([2H])(CCCn1c(=O)c2c(nc(C)n2C)n(C)c1=O)C(C)=O.[2H]C([2H])(CCCn1c(=O)c2c(ncn2C)n(C)c1=O)C(C)=O.[2H]C([2H])(CCCn1c(=O)c2c(ncn2C)n(C)c1=O)C(C)=O. The Hall–Kier alpha value is -13.1. The van der Waals surface area contributed by atoms with Gasteiger partial charge in [-0.3, -0.25) is 83.6 Å². The third kappa shape index (κ3) is 22.4. The Morgan fingerprint density at radius 3 is 0.707 bits per heavy atom. The first-order chi connectivity index (χ1) is 65.1. The van der Waals surface area contributed by atoms with Crippen LogP contribution in [0.4, 0.5) is 0 Å². The van der Waals surface area contributed by atoms with E-state index in [4.69, 9.17) is 26.0 Å². The van der Waals surface area contributed by atoms with Gasteiger partial charge in [-0.05, 0) is 139 Å². The molecule has 0 aliphatic carbocycles. The van der Waals surface area contributed by atoms with Gasteiger partial charge in [0.2, 0.25) is 0 Å². The fourth-order valence-electron chi connectivity index (χ4n) is 12.8. The summed E-state index contributed by atoms with van der Waals surface area (Å²) in [5, 5.41) is 0. The molecule has 0 aliphatic heterocycles. The highest BCUT2D eigenvalue weighted by Gasteiger charge is 2.23. The molecule has 12 rings (SSSR count). The predicted molar refractivity (Wildman–Crippen MR) is 463 cm³/mol. The summed E-state index contributed by atoms with van der Waals surface area (Å²) >= 11 is 0. The van der Waals surface area contributed by atoms with Crippen molar-refractivity contribution in [2.75, 3.05) is 0 Å². The molecule has 0 radical (unpaired) electrons. The summed E-state index contributed by atoms with van der Waals surface area (Å²) in [6.45, 7) is 3.16. The molecule has 12 heterocycles. The van der Waals surface area contributed by atoms with Crippen molar-refractivity contribution >= 4 is 102 Å². The Kier molecular flexibility index (Phi) is 24.7. The number of carbonyl (C=O) groups is 6. The van der Waals surface area contributed by atoms with Crippen LogP contribution in [0.15, 0.2) is 76.5 Å². The van der Waals surface area contributed by atoms with Gasteiger partial charge in [0.25, 0.3) is 33.4 Å². The van der Waals surface area contributed by atoms with Crippen LogP contribution in [0.2, 0.25) is 0 Å². The van der Waals surface area contributed by atoms with Gasteiger partial charge in [0, 0.05) is 188 Å². The number of imidazole rings is 6. The standard InChI is InChI=1S/3C14H20N4O3.3C13H18N4O3/c3*1-9(19)7-5-6-8-18-13(20)11-12(17(4)14(18)21)15-10(2)16(11)3;3*1-9(18)6-4-5-7-17-12(19)10-11(14-8-15(10)2)16(3)13(17)20/h3*5-8H2,1-4H3;3*8H,4-7H2,1-3H3/i3D3,4D3,7D2;3D3,7D2;7D2;2*6D2;. The van der Waals surface area contributed by atoms with Crippen molar-refractivity contribution in [2.24, 2.45) is 84.4 Å². The molecule has 0 atom stereocenters. The molecular weight excluding hydrogens is 1600 g/mol. The topological polar surface area (TPSA) is 473 Å². The van der Waals surface area contributed by atoms with Crippen molar-refractivity contribution in [1.29, 1.82) is 0 Å². The summed E-state index contributed by atoms with van der Waals surface area (Å²) in [6, 6.07) is 0. The highest BCUT2D eigenvalue weighted by atomic mass is 16.2. The number of carbonyl (C=O) groups excluding carboxylic acids is 6. The molecule has 0 spiro atoms. The normalized spacial score (nSPS) is 14.4. The molecule has 0 aliphatic rings. The molecule has 0 saturated carbocycles. The molecular formula is C81H114N24O18. The van der Waals surface area contributed by atoms with Crippen LogP contribution < -0.4 is 67.5 Å². The molecule has 12 aromatic rings. The number of hydrogen-bond acceptors (Lipinski definition) is 24. The lowest BCUT2D eigenvalue weighted by Crippen LogP contribution is -2.39.